The van der Waals surface area contributed by atoms with E-state index >= 15 is 0 Å². The van der Waals surface area contributed by atoms with E-state index in [1.807, 2.05) is 0 Å². The van der Waals surface area contributed by atoms with Gasteiger partial charge >= 0.3 is 0 Å². The molecule has 2 fully saturated rings. The number of likely N-dealkylation sites (N-methyl/N-ethyl adjacent to an activating group) is 1. The number of hydrogen-bond acceptors (Lipinski definition) is 3. The maximum Gasteiger partial charge on any atom is 0.119 e. The average molecular weight is 288 g/mol. The highest BCUT2D eigenvalue weighted by molar-refractivity contribution is 5.33. The molecule has 0 amide bonds. The van der Waals surface area contributed by atoms with Crippen LogP contribution in [-0.2, 0) is 5.41 Å². The molecule has 3 heteroatoms. The minimum Gasteiger partial charge on any atom is -0.489 e. The average Bonchev–Trinajstić information content (AvgIpc) is 2.98. The van der Waals surface area contributed by atoms with E-state index in [1.165, 1.54) is 50.6 Å². The van der Waals surface area contributed by atoms with Crippen LogP contribution in [0.15, 0.2) is 24.3 Å². The molecule has 1 aromatic carbocycles. The lowest BCUT2D eigenvalue weighted by Gasteiger charge is -2.31. The first-order valence-corrected chi connectivity index (χ1v) is 8.38. The molecule has 1 saturated heterocycles. The topological polar surface area (TPSA) is 38.5 Å². The zero-order chi connectivity index (χ0) is 14.7. The second kappa shape index (κ2) is 6.37. The molecule has 1 heterocycles. The summed E-state index contributed by atoms with van der Waals surface area (Å²) in [5, 5.41) is 0. The molecule has 1 unspecified atom stereocenters. The second-order valence-corrected chi connectivity index (χ2v) is 6.86. The van der Waals surface area contributed by atoms with Gasteiger partial charge in [0.1, 0.15) is 11.9 Å². The minimum atomic E-state index is 0.226. The zero-order valence-electron chi connectivity index (χ0n) is 13.2. The quantitative estimate of drug-likeness (QED) is 0.926. The maximum absolute atomic E-state index is 6.14. The number of nitrogens with zero attached hydrogens (tertiary/aromatic N) is 1. The van der Waals surface area contributed by atoms with Gasteiger partial charge in [0.05, 0.1) is 0 Å². The number of likely N-dealkylation sites (tertiary alicyclic amines) is 1. The molecule has 1 saturated carbocycles. The fraction of sp³-hybridized carbons (Fsp3) is 0.667. The second-order valence-electron chi connectivity index (χ2n) is 6.86. The van der Waals surface area contributed by atoms with Gasteiger partial charge in [-0.2, -0.15) is 0 Å². The molecule has 0 aromatic heterocycles. The monoisotopic (exact) mass is 288 g/mol. The van der Waals surface area contributed by atoms with E-state index in [2.05, 4.69) is 36.2 Å². The summed E-state index contributed by atoms with van der Waals surface area (Å²) >= 11 is 0. The number of ether oxygens (including phenoxy) is 1. The Bertz CT molecular complexity index is 451. The van der Waals surface area contributed by atoms with Crippen LogP contribution in [0.2, 0.25) is 0 Å². The highest BCUT2D eigenvalue weighted by Crippen LogP contribution is 2.40. The van der Waals surface area contributed by atoms with E-state index in [1.54, 1.807) is 0 Å². The van der Waals surface area contributed by atoms with E-state index in [-0.39, 0.29) is 5.41 Å². The number of rotatable bonds is 4. The Kier molecular flexibility index (Phi) is 4.51. The van der Waals surface area contributed by atoms with Gasteiger partial charge in [-0.15, -0.1) is 0 Å². The molecule has 2 N–H and O–H groups in total. The van der Waals surface area contributed by atoms with Crippen LogP contribution in [0.4, 0.5) is 0 Å². The normalized spacial score (nSPS) is 25.9. The summed E-state index contributed by atoms with van der Waals surface area (Å²) in [6.45, 7) is 2.99. The summed E-state index contributed by atoms with van der Waals surface area (Å²) < 4.78 is 6.14. The Balaban J connectivity index is 1.66. The first kappa shape index (κ1) is 14.9. The molecule has 3 rings (SSSR count). The Morgan fingerprint density at radius 3 is 2.52 bits per heavy atom. The van der Waals surface area contributed by atoms with Gasteiger partial charge in [0.2, 0.25) is 0 Å². The molecule has 1 aliphatic carbocycles. The molecule has 1 aromatic rings. The van der Waals surface area contributed by atoms with Crippen molar-refractivity contribution in [2.45, 2.75) is 50.0 Å². The van der Waals surface area contributed by atoms with Gasteiger partial charge < -0.3 is 15.4 Å². The lowest BCUT2D eigenvalue weighted by Crippen LogP contribution is -2.38. The number of hydrogen-bond donors (Lipinski definition) is 1. The molecule has 0 bridgehead atoms. The number of benzene rings is 1. The zero-order valence-corrected chi connectivity index (χ0v) is 13.2. The largest absolute Gasteiger partial charge is 0.489 e. The van der Waals surface area contributed by atoms with Crippen molar-refractivity contribution in [3.8, 4) is 5.75 Å². The molecule has 0 spiro atoms. The number of nitrogens with two attached hydrogens (primary N) is 1. The van der Waals surface area contributed by atoms with Crippen molar-refractivity contribution < 1.29 is 4.74 Å². The fourth-order valence-electron chi connectivity index (χ4n) is 3.96. The first-order valence-electron chi connectivity index (χ1n) is 8.38. The predicted octanol–water partition coefficient (Wildman–Crippen LogP) is 2.93. The van der Waals surface area contributed by atoms with E-state index in [9.17, 15) is 0 Å². The first-order chi connectivity index (χ1) is 10.2. The van der Waals surface area contributed by atoms with Crippen molar-refractivity contribution in [1.82, 2.24) is 4.90 Å². The van der Waals surface area contributed by atoms with Gasteiger partial charge in [-0.1, -0.05) is 25.0 Å². The van der Waals surface area contributed by atoms with E-state index in [4.69, 9.17) is 10.5 Å². The van der Waals surface area contributed by atoms with Crippen molar-refractivity contribution in [1.29, 1.82) is 0 Å². The third kappa shape index (κ3) is 3.24. The molecule has 1 atom stereocenters. The molecule has 2 aliphatic rings. The summed E-state index contributed by atoms with van der Waals surface area (Å²) in [5.74, 6) is 1.00. The molecular weight excluding hydrogens is 260 g/mol. The smallest absolute Gasteiger partial charge is 0.119 e. The van der Waals surface area contributed by atoms with Crippen LogP contribution in [0.5, 0.6) is 5.75 Å². The summed E-state index contributed by atoms with van der Waals surface area (Å²) in [4.78, 5) is 2.35. The van der Waals surface area contributed by atoms with Crippen LogP contribution in [0, 0.1) is 0 Å². The summed E-state index contributed by atoms with van der Waals surface area (Å²) in [6.07, 6.45) is 7.82. The van der Waals surface area contributed by atoms with Gasteiger partial charge in [0.25, 0.3) is 0 Å². The predicted molar refractivity (Wildman–Crippen MR) is 86.8 cm³/mol. The molecule has 0 radical (unpaired) electrons. The molecule has 3 nitrogen and oxygen atoms in total. The van der Waals surface area contributed by atoms with Crippen molar-refractivity contribution in [2.75, 3.05) is 26.7 Å². The minimum absolute atomic E-state index is 0.226. The Morgan fingerprint density at radius 1 is 1.19 bits per heavy atom. The van der Waals surface area contributed by atoms with Crippen molar-refractivity contribution in [2.24, 2.45) is 5.73 Å². The molecule has 21 heavy (non-hydrogen) atoms. The van der Waals surface area contributed by atoms with Crippen molar-refractivity contribution >= 4 is 0 Å². The SMILES string of the molecule is CN1CCCC(Oc2ccc(C3(CN)CCCC3)cc2)C1. The maximum atomic E-state index is 6.14. The Labute approximate surface area is 128 Å². The van der Waals surface area contributed by atoms with Crippen LogP contribution in [0.3, 0.4) is 0 Å². The Hall–Kier alpha value is -1.06. The Morgan fingerprint density at radius 2 is 1.90 bits per heavy atom. The van der Waals surface area contributed by atoms with Gasteiger partial charge in [-0.25, -0.2) is 0 Å². The molecule has 1 aliphatic heterocycles. The highest BCUT2D eigenvalue weighted by Gasteiger charge is 2.34. The highest BCUT2D eigenvalue weighted by atomic mass is 16.5. The summed E-state index contributed by atoms with van der Waals surface area (Å²) in [5.41, 5.74) is 7.69. The van der Waals surface area contributed by atoms with E-state index in [0.717, 1.165) is 18.8 Å². The van der Waals surface area contributed by atoms with Crippen LogP contribution in [0.25, 0.3) is 0 Å². The van der Waals surface area contributed by atoms with Crippen molar-refractivity contribution in [3.05, 3.63) is 29.8 Å². The number of piperidine rings is 1. The summed E-state index contributed by atoms with van der Waals surface area (Å²) in [6, 6.07) is 8.75. The molecular formula is C18H28N2O. The van der Waals surface area contributed by atoms with E-state index < -0.39 is 0 Å². The van der Waals surface area contributed by atoms with Gasteiger partial charge in [0.15, 0.2) is 0 Å². The van der Waals surface area contributed by atoms with Crippen LogP contribution >= 0.6 is 0 Å². The van der Waals surface area contributed by atoms with Gasteiger partial charge in [0, 0.05) is 18.5 Å². The fourth-order valence-corrected chi connectivity index (χ4v) is 3.96. The molecule has 116 valence electrons. The van der Waals surface area contributed by atoms with Gasteiger partial charge in [-0.3, -0.25) is 0 Å². The van der Waals surface area contributed by atoms with Gasteiger partial charge in [-0.05, 0) is 57.0 Å². The third-order valence-corrected chi connectivity index (χ3v) is 5.30. The van der Waals surface area contributed by atoms with Crippen LogP contribution in [0.1, 0.15) is 44.1 Å². The lowest BCUT2D eigenvalue weighted by molar-refractivity contribution is 0.104. The van der Waals surface area contributed by atoms with Crippen LogP contribution in [-0.4, -0.2) is 37.7 Å². The van der Waals surface area contributed by atoms with Crippen LogP contribution < -0.4 is 10.5 Å². The summed E-state index contributed by atoms with van der Waals surface area (Å²) in [7, 11) is 2.17. The van der Waals surface area contributed by atoms with E-state index in [0.29, 0.717) is 6.10 Å². The standard InChI is InChI=1S/C18H28N2O/c1-20-12-4-5-17(13-20)21-16-8-6-15(7-9-16)18(14-19)10-2-3-11-18/h6-9,17H,2-5,10-14,19H2,1H3. The lowest BCUT2D eigenvalue weighted by atomic mass is 9.79. The third-order valence-electron chi connectivity index (χ3n) is 5.30. The van der Waals surface area contributed by atoms with Crippen molar-refractivity contribution in [3.63, 3.8) is 0 Å².